The lowest BCUT2D eigenvalue weighted by atomic mass is 10.1. The van der Waals surface area contributed by atoms with Gasteiger partial charge in [-0.2, -0.15) is 0 Å². The van der Waals surface area contributed by atoms with Gasteiger partial charge in [-0.1, -0.05) is 65.8 Å². The van der Waals surface area contributed by atoms with Gasteiger partial charge in [0.1, 0.15) is 0 Å². The van der Waals surface area contributed by atoms with E-state index < -0.39 is 0 Å². The number of thioether (sulfide) groups is 1. The summed E-state index contributed by atoms with van der Waals surface area (Å²) in [6.45, 7) is 6.40. The number of amides is 1. The lowest BCUT2D eigenvalue weighted by Gasteiger charge is -2.13. The van der Waals surface area contributed by atoms with Crippen molar-refractivity contribution in [1.82, 2.24) is 14.8 Å². The first-order valence-corrected chi connectivity index (χ1v) is 12.3. The minimum Gasteiger partial charge on any atom is -0.378 e. The highest BCUT2D eigenvalue weighted by molar-refractivity contribution is 7.99. The molecule has 0 aliphatic rings. The number of rotatable bonds is 8. The molecule has 6 nitrogen and oxygen atoms in total. The van der Waals surface area contributed by atoms with Crippen molar-refractivity contribution in [3.8, 4) is 5.69 Å². The van der Waals surface area contributed by atoms with Gasteiger partial charge >= 0.3 is 0 Å². The summed E-state index contributed by atoms with van der Waals surface area (Å²) in [6, 6.07) is 21.7. The molecule has 0 bridgehead atoms. The first-order chi connectivity index (χ1) is 16.4. The average molecular weight is 492 g/mol. The zero-order chi connectivity index (χ0) is 24.1. The van der Waals surface area contributed by atoms with E-state index >= 15 is 0 Å². The lowest BCUT2D eigenvalue weighted by Crippen LogP contribution is -2.16. The Morgan fingerprint density at radius 3 is 2.38 bits per heavy atom. The molecular formula is C26H26ClN5OS. The maximum atomic E-state index is 12.7. The monoisotopic (exact) mass is 491 g/mol. The molecule has 0 unspecified atom stereocenters. The molecule has 1 aromatic heterocycles. The number of anilines is 2. The van der Waals surface area contributed by atoms with Gasteiger partial charge in [0.15, 0.2) is 11.0 Å². The summed E-state index contributed by atoms with van der Waals surface area (Å²) in [7, 11) is 0. The highest BCUT2D eigenvalue weighted by Crippen LogP contribution is 2.25. The van der Waals surface area contributed by atoms with Gasteiger partial charge in [-0.15, -0.1) is 10.2 Å². The van der Waals surface area contributed by atoms with Crippen LogP contribution in [0.1, 0.15) is 22.5 Å². The third kappa shape index (κ3) is 5.61. The molecule has 2 N–H and O–H groups in total. The van der Waals surface area contributed by atoms with E-state index in [9.17, 15) is 4.79 Å². The summed E-state index contributed by atoms with van der Waals surface area (Å²) < 4.78 is 1.97. The van der Waals surface area contributed by atoms with Crippen LogP contribution in [0.4, 0.5) is 11.4 Å². The largest absolute Gasteiger partial charge is 0.378 e. The van der Waals surface area contributed by atoms with Crippen molar-refractivity contribution < 1.29 is 4.79 Å². The van der Waals surface area contributed by atoms with Crippen molar-refractivity contribution in [3.05, 3.63) is 94.3 Å². The molecule has 1 amide bonds. The van der Waals surface area contributed by atoms with Crippen LogP contribution in [0.5, 0.6) is 0 Å². The summed E-state index contributed by atoms with van der Waals surface area (Å²) in [5.74, 6) is 0.874. The first-order valence-electron chi connectivity index (χ1n) is 10.9. The Bertz CT molecular complexity index is 1290. The Morgan fingerprint density at radius 1 is 0.941 bits per heavy atom. The Hall–Kier alpha value is -3.29. The number of para-hydroxylation sites is 2. The van der Waals surface area contributed by atoms with Crippen molar-refractivity contribution in [3.63, 3.8) is 0 Å². The van der Waals surface area contributed by atoms with Crippen LogP contribution in [0.3, 0.4) is 0 Å². The van der Waals surface area contributed by atoms with E-state index in [4.69, 9.17) is 11.6 Å². The van der Waals surface area contributed by atoms with Gasteiger partial charge in [-0.25, -0.2) is 0 Å². The smallest absolute Gasteiger partial charge is 0.234 e. The zero-order valence-corrected chi connectivity index (χ0v) is 20.9. The van der Waals surface area contributed by atoms with Gasteiger partial charge in [0.2, 0.25) is 5.91 Å². The van der Waals surface area contributed by atoms with E-state index in [0.717, 1.165) is 39.6 Å². The van der Waals surface area contributed by atoms with Crippen LogP contribution in [-0.2, 0) is 11.3 Å². The average Bonchev–Trinajstić information content (AvgIpc) is 3.24. The highest BCUT2D eigenvalue weighted by atomic mass is 35.5. The summed E-state index contributed by atoms with van der Waals surface area (Å²) in [6.07, 6.45) is 0. The van der Waals surface area contributed by atoms with Gasteiger partial charge in [0.05, 0.1) is 12.3 Å². The molecule has 0 aliphatic heterocycles. The third-order valence-corrected chi connectivity index (χ3v) is 6.75. The molecule has 1 heterocycles. The Morgan fingerprint density at radius 2 is 1.68 bits per heavy atom. The molecule has 0 aliphatic carbocycles. The normalized spacial score (nSPS) is 10.8. The number of nitrogens with one attached hydrogen (secondary N) is 2. The second-order valence-corrected chi connectivity index (χ2v) is 9.34. The van der Waals surface area contributed by atoms with E-state index in [2.05, 4.69) is 20.8 Å². The zero-order valence-electron chi connectivity index (χ0n) is 19.3. The summed E-state index contributed by atoms with van der Waals surface area (Å²) in [5.41, 5.74) is 5.80. The number of halogens is 1. The molecule has 0 atom stereocenters. The number of nitrogens with zero attached hydrogens (tertiary/aromatic N) is 3. The van der Waals surface area contributed by atoms with Gasteiger partial charge in [0.25, 0.3) is 0 Å². The lowest BCUT2D eigenvalue weighted by molar-refractivity contribution is -0.113. The quantitative estimate of drug-likeness (QED) is 0.287. The van der Waals surface area contributed by atoms with Crippen LogP contribution in [0, 0.1) is 20.8 Å². The van der Waals surface area contributed by atoms with E-state index in [1.54, 1.807) is 0 Å². The maximum Gasteiger partial charge on any atom is 0.234 e. The maximum absolute atomic E-state index is 12.7. The summed E-state index contributed by atoms with van der Waals surface area (Å²) in [5, 5.41) is 16.5. The fourth-order valence-corrected chi connectivity index (χ4v) is 4.50. The van der Waals surface area contributed by atoms with Crippen molar-refractivity contribution >= 4 is 40.6 Å². The summed E-state index contributed by atoms with van der Waals surface area (Å²) in [4.78, 5) is 12.7. The number of carbonyl (C=O) groups is 1. The van der Waals surface area contributed by atoms with Crippen molar-refractivity contribution in [2.24, 2.45) is 0 Å². The number of hydrogen-bond acceptors (Lipinski definition) is 5. The second-order valence-electron chi connectivity index (χ2n) is 7.99. The van der Waals surface area contributed by atoms with Crippen LogP contribution in [0.15, 0.2) is 71.9 Å². The van der Waals surface area contributed by atoms with Gasteiger partial charge in [-0.05, 0) is 61.7 Å². The SMILES string of the molecule is Cc1ccc(NCc2nnc(SCC(=O)Nc3c(C)cccc3C)n2-c2ccccc2)cc1Cl. The number of benzene rings is 3. The number of aromatic nitrogens is 3. The minimum absolute atomic E-state index is 0.0843. The van der Waals surface area contributed by atoms with Gasteiger partial charge in [-0.3, -0.25) is 9.36 Å². The fraction of sp³-hybridized carbons (Fsp3) is 0.192. The van der Waals surface area contributed by atoms with Crippen molar-refractivity contribution in [2.45, 2.75) is 32.5 Å². The molecule has 0 fully saturated rings. The first kappa shape index (κ1) is 23.9. The molecule has 0 saturated heterocycles. The predicted octanol–water partition coefficient (Wildman–Crippen LogP) is 6.19. The van der Waals surface area contributed by atoms with Gasteiger partial charge in [0, 0.05) is 22.1 Å². The van der Waals surface area contributed by atoms with E-state index in [1.165, 1.54) is 11.8 Å². The number of carbonyl (C=O) groups excluding carboxylic acids is 1. The standard InChI is InChI=1S/C26H26ClN5OS/c1-17-12-13-20(14-22(17)27)28-15-23-30-31-26(32(23)21-10-5-4-6-11-21)34-16-24(33)29-25-18(2)8-7-9-19(25)3/h4-14,28H,15-16H2,1-3H3,(H,29,33). The number of hydrogen-bond donors (Lipinski definition) is 2. The Labute approximate surface area is 208 Å². The van der Waals surface area contributed by atoms with E-state index in [-0.39, 0.29) is 11.7 Å². The van der Waals surface area contributed by atoms with Crippen molar-refractivity contribution in [2.75, 3.05) is 16.4 Å². The second kappa shape index (κ2) is 10.8. The topological polar surface area (TPSA) is 71.8 Å². The molecule has 3 aromatic carbocycles. The fourth-order valence-electron chi connectivity index (χ4n) is 3.55. The molecule has 174 valence electrons. The molecule has 4 rings (SSSR count). The predicted molar refractivity (Wildman–Crippen MR) is 140 cm³/mol. The molecule has 4 aromatic rings. The Kier molecular flexibility index (Phi) is 7.55. The third-order valence-electron chi connectivity index (χ3n) is 5.42. The molecule has 8 heteroatoms. The molecule has 0 saturated carbocycles. The van der Waals surface area contributed by atoms with Crippen molar-refractivity contribution in [1.29, 1.82) is 0 Å². The molecular weight excluding hydrogens is 466 g/mol. The van der Waals surface area contributed by atoms with Crippen LogP contribution in [0.25, 0.3) is 5.69 Å². The molecule has 34 heavy (non-hydrogen) atoms. The van der Waals surface area contributed by atoms with Crippen LogP contribution in [0.2, 0.25) is 5.02 Å². The number of aryl methyl sites for hydroxylation is 3. The highest BCUT2D eigenvalue weighted by Gasteiger charge is 2.16. The van der Waals surface area contributed by atoms with Gasteiger partial charge < -0.3 is 10.6 Å². The van der Waals surface area contributed by atoms with Crippen LogP contribution in [-0.4, -0.2) is 26.4 Å². The molecule has 0 radical (unpaired) electrons. The summed E-state index contributed by atoms with van der Waals surface area (Å²) >= 11 is 7.62. The van der Waals surface area contributed by atoms with E-state index in [0.29, 0.717) is 16.7 Å². The van der Waals surface area contributed by atoms with Crippen LogP contribution < -0.4 is 10.6 Å². The Balaban J connectivity index is 1.51. The molecule has 0 spiro atoms. The minimum atomic E-state index is -0.0843. The van der Waals surface area contributed by atoms with E-state index in [1.807, 2.05) is 92.1 Å². The van der Waals surface area contributed by atoms with Crippen LogP contribution >= 0.6 is 23.4 Å².